The largest absolute Gasteiger partial charge is 0.465 e. The molecule has 0 aliphatic carbocycles. The highest BCUT2D eigenvalue weighted by Crippen LogP contribution is 2.08. The Morgan fingerprint density at radius 1 is 1.29 bits per heavy atom. The van der Waals surface area contributed by atoms with E-state index in [1.807, 2.05) is 13.8 Å². The van der Waals surface area contributed by atoms with Crippen LogP contribution in [0.1, 0.15) is 34.1 Å². The average Bonchev–Trinajstić information content (AvgIpc) is 2.24. The van der Waals surface area contributed by atoms with Crippen LogP contribution in [-0.2, 0) is 19.4 Å². The Bertz CT molecular complexity index is 326. The van der Waals surface area contributed by atoms with Gasteiger partial charge in [-0.25, -0.2) is 8.42 Å². The van der Waals surface area contributed by atoms with Crippen molar-refractivity contribution < 1.29 is 17.9 Å². The molecular weight excluding hydrogens is 242 g/mol. The summed E-state index contributed by atoms with van der Waals surface area (Å²) in [5, 5.41) is 2.51. The van der Waals surface area contributed by atoms with Gasteiger partial charge in [0.05, 0.1) is 11.9 Å². The summed E-state index contributed by atoms with van der Waals surface area (Å²) in [6, 6.07) is -0.172. The molecule has 0 saturated heterocycles. The van der Waals surface area contributed by atoms with Crippen LogP contribution in [0.2, 0.25) is 0 Å². The number of carbonyl (C=O) groups is 1. The van der Waals surface area contributed by atoms with Crippen molar-refractivity contribution in [2.24, 2.45) is 0 Å². The van der Waals surface area contributed by atoms with Crippen molar-refractivity contribution in [3.63, 3.8) is 0 Å². The van der Waals surface area contributed by atoms with E-state index in [4.69, 9.17) is 0 Å². The van der Waals surface area contributed by atoms with E-state index in [1.54, 1.807) is 13.8 Å². The van der Waals surface area contributed by atoms with E-state index in [2.05, 4.69) is 10.1 Å². The van der Waals surface area contributed by atoms with Gasteiger partial charge < -0.3 is 10.1 Å². The van der Waals surface area contributed by atoms with E-state index in [-0.39, 0.29) is 12.6 Å². The molecule has 0 rings (SSSR count). The normalized spacial score (nSPS) is 15.3. The minimum atomic E-state index is -3.45. The fraction of sp³-hybridized carbons (Fsp3) is 0.909. The zero-order valence-electron chi connectivity index (χ0n) is 11.0. The van der Waals surface area contributed by atoms with Gasteiger partial charge in [-0.15, -0.1) is 0 Å². The lowest BCUT2D eigenvalue weighted by Gasteiger charge is -2.20. The summed E-state index contributed by atoms with van der Waals surface area (Å²) in [7, 11) is -3.45. The SMILES string of the molecule is CCCNC(C)C(C)S(=O)(=O)CC(=O)OCC. The van der Waals surface area contributed by atoms with Gasteiger partial charge in [0.25, 0.3) is 0 Å². The Kier molecular flexibility index (Phi) is 7.38. The number of hydrogen-bond donors (Lipinski definition) is 1. The molecule has 6 heteroatoms. The van der Waals surface area contributed by atoms with Gasteiger partial charge in [0.1, 0.15) is 5.75 Å². The van der Waals surface area contributed by atoms with Gasteiger partial charge in [-0.05, 0) is 33.7 Å². The lowest BCUT2D eigenvalue weighted by molar-refractivity contribution is -0.139. The van der Waals surface area contributed by atoms with Crippen LogP contribution < -0.4 is 5.32 Å². The Morgan fingerprint density at radius 3 is 2.35 bits per heavy atom. The van der Waals surface area contributed by atoms with Gasteiger partial charge in [0.15, 0.2) is 9.84 Å². The Morgan fingerprint density at radius 2 is 1.88 bits per heavy atom. The van der Waals surface area contributed by atoms with E-state index in [9.17, 15) is 13.2 Å². The number of sulfone groups is 1. The number of hydrogen-bond acceptors (Lipinski definition) is 5. The maximum Gasteiger partial charge on any atom is 0.321 e. The first-order valence-corrected chi connectivity index (χ1v) is 7.67. The molecule has 17 heavy (non-hydrogen) atoms. The molecule has 2 atom stereocenters. The molecule has 0 aliphatic heterocycles. The monoisotopic (exact) mass is 265 g/mol. The average molecular weight is 265 g/mol. The highest BCUT2D eigenvalue weighted by molar-refractivity contribution is 7.92. The fourth-order valence-electron chi connectivity index (χ4n) is 1.35. The van der Waals surface area contributed by atoms with E-state index in [1.165, 1.54) is 0 Å². The Balaban J connectivity index is 4.43. The summed E-state index contributed by atoms with van der Waals surface area (Å²) in [4.78, 5) is 11.2. The number of rotatable bonds is 8. The topological polar surface area (TPSA) is 72.5 Å². The van der Waals surface area contributed by atoms with Crippen molar-refractivity contribution in [1.29, 1.82) is 0 Å². The van der Waals surface area contributed by atoms with Crippen LogP contribution in [0.5, 0.6) is 0 Å². The molecule has 0 bridgehead atoms. The zero-order chi connectivity index (χ0) is 13.5. The first-order valence-electron chi connectivity index (χ1n) is 5.95. The summed E-state index contributed by atoms with van der Waals surface area (Å²) < 4.78 is 28.4. The Hall–Kier alpha value is -0.620. The maximum atomic E-state index is 11.9. The van der Waals surface area contributed by atoms with Crippen LogP contribution in [0.3, 0.4) is 0 Å². The molecule has 0 aromatic heterocycles. The van der Waals surface area contributed by atoms with Gasteiger partial charge >= 0.3 is 5.97 Å². The van der Waals surface area contributed by atoms with Crippen molar-refractivity contribution >= 4 is 15.8 Å². The van der Waals surface area contributed by atoms with Gasteiger partial charge in [0, 0.05) is 6.04 Å². The van der Waals surface area contributed by atoms with Gasteiger partial charge in [0.2, 0.25) is 0 Å². The number of nitrogens with one attached hydrogen (secondary N) is 1. The van der Waals surface area contributed by atoms with Crippen molar-refractivity contribution in [1.82, 2.24) is 5.32 Å². The number of ether oxygens (including phenoxy) is 1. The van der Waals surface area contributed by atoms with Crippen LogP contribution in [0, 0.1) is 0 Å². The van der Waals surface area contributed by atoms with Gasteiger partial charge in [-0.3, -0.25) is 4.79 Å². The standard InChI is InChI=1S/C11H23NO4S/c1-5-7-12-9(3)10(4)17(14,15)8-11(13)16-6-2/h9-10,12H,5-8H2,1-4H3. The molecule has 0 aromatic rings. The van der Waals surface area contributed by atoms with Crippen molar-refractivity contribution in [3.8, 4) is 0 Å². The van der Waals surface area contributed by atoms with Crippen LogP contribution in [0.4, 0.5) is 0 Å². The molecule has 0 amide bonds. The molecule has 0 spiro atoms. The first kappa shape index (κ1) is 16.4. The van der Waals surface area contributed by atoms with Crippen LogP contribution in [-0.4, -0.2) is 44.6 Å². The first-order chi connectivity index (χ1) is 7.85. The van der Waals surface area contributed by atoms with Crippen LogP contribution in [0.15, 0.2) is 0 Å². The molecule has 102 valence electrons. The molecule has 1 N–H and O–H groups in total. The van der Waals surface area contributed by atoms with Crippen molar-refractivity contribution in [2.75, 3.05) is 18.9 Å². The quantitative estimate of drug-likeness (QED) is 0.655. The Labute approximate surface area is 104 Å². The smallest absolute Gasteiger partial charge is 0.321 e. The predicted molar refractivity (Wildman–Crippen MR) is 67.6 cm³/mol. The predicted octanol–water partition coefficient (Wildman–Crippen LogP) is 0.741. The molecular formula is C11H23NO4S. The second kappa shape index (κ2) is 7.66. The van der Waals surface area contributed by atoms with Crippen LogP contribution >= 0.6 is 0 Å². The molecule has 0 saturated carbocycles. The van der Waals surface area contributed by atoms with E-state index < -0.39 is 26.8 Å². The molecule has 0 heterocycles. The van der Waals surface area contributed by atoms with Crippen molar-refractivity contribution in [2.45, 2.75) is 45.4 Å². The second-order valence-corrected chi connectivity index (χ2v) is 6.42. The maximum absolute atomic E-state index is 11.9. The molecule has 0 aliphatic rings. The zero-order valence-corrected chi connectivity index (χ0v) is 11.8. The third-order valence-electron chi connectivity index (χ3n) is 2.61. The third kappa shape index (κ3) is 6.02. The summed E-state index contributed by atoms with van der Waals surface area (Å²) in [6.45, 7) is 8.05. The highest BCUT2D eigenvalue weighted by atomic mass is 32.2. The molecule has 0 aromatic carbocycles. The summed E-state index contributed by atoms with van der Waals surface area (Å²) >= 11 is 0. The van der Waals surface area contributed by atoms with E-state index in [0.29, 0.717) is 0 Å². The third-order valence-corrected chi connectivity index (χ3v) is 4.79. The van der Waals surface area contributed by atoms with E-state index >= 15 is 0 Å². The molecule has 0 fully saturated rings. The highest BCUT2D eigenvalue weighted by Gasteiger charge is 2.29. The molecule has 0 radical (unpaired) electrons. The van der Waals surface area contributed by atoms with Crippen molar-refractivity contribution in [3.05, 3.63) is 0 Å². The van der Waals surface area contributed by atoms with Gasteiger partial charge in [-0.2, -0.15) is 0 Å². The number of carbonyl (C=O) groups excluding carboxylic acids is 1. The summed E-state index contributed by atoms with van der Waals surface area (Å²) in [5.74, 6) is -1.22. The summed E-state index contributed by atoms with van der Waals surface area (Å²) in [6.07, 6.45) is 0.939. The minimum Gasteiger partial charge on any atom is -0.465 e. The van der Waals surface area contributed by atoms with Crippen LogP contribution in [0.25, 0.3) is 0 Å². The lowest BCUT2D eigenvalue weighted by Crippen LogP contribution is -2.42. The lowest BCUT2D eigenvalue weighted by atomic mass is 10.2. The number of esters is 1. The van der Waals surface area contributed by atoms with E-state index in [0.717, 1.165) is 13.0 Å². The summed E-state index contributed by atoms with van der Waals surface area (Å²) in [5.41, 5.74) is 0. The second-order valence-electron chi connectivity index (χ2n) is 4.06. The minimum absolute atomic E-state index is 0.172. The molecule has 5 nitrogen and oxygen atoms in total. The van der Waals surface area contributed by atoms with Gasteiger partial charge in [-0.1, -0.05) is 6.92 Å². The molecule has 2 unspecified atom stereocenters. The fourth-order valence-corrected chi connectivity index (χ4v) is 2.74.